The first-order chi connectivity index (χ1) is 27.5. The molecule has 0 aromatic heterocycles. The van der Waals surface area contributed by atoms with E-state index in [2.05, 4.69) is 90.3 Å². The second-order valence-corrected chi connectivity index (χ2v) is 13.9. The lowest BCUT2D eigenvalue weighted by Crippen LogP contribution is -2.11. The fourth-order valence-electron chi connectivity index (χ4n) is 5.95. The highest BCUT2D eigenvalue weighted by atomic mass is 16.5. The van der Waals surface area contributed by atoms with Crippen molar-refractivity contribution in [2.45, 2.75) is 72.4 Å². The van der Waals surface area contributed by atoms with Gasteiger partial charge < -0.3 is 30.0 Å². The Morgan fingerprint density at radius 3 is 2.12 bits per heavy atom. The fraction of sp³-hybridized carbons (Fsp3) is 0.326. The molecule has 4 rings (SSSR count). The number of carbonyl (C=O) groups excluding carboxylic acids is 3. The lowest BCUT2D eigenvalue weighted by molar-refractivity contribution is -0.139. The predicted octanol–water partition coefficient (Wildman–Crippen LogP) is 10.5. The molecule has 0 saturated carbocycles. The second-order valence-electron chi connectivity index (χ2n) is 13.9. The van der Waals surface area contributed by atoms with Gasteiger partial charge in [0.05, 0.1) is 31.1 Å². The monoisotopic (exact) mass is 774 g/mol. The van der Waals surface area contributed by atoms with Crippen LogP contribution in [-0.2, 0) is 43.3 Å². The predicted molar refractivity (Wildman–Crippen MR) is 224 cm³/mol. The maximum Gasteiger partial charge on any atom is 0.338 e. The van der Waals surface area contributed by atoms with E-state index in [1.165, 1.54) is 11.6 Å². The molecule has 4 aromatic rings. The van der Waals surface area contributed by atoms with Gasteiger partial charge in [-0.25, -0.2) is 14.4 Å². The number of carbonyl (C=O) groups is 3. The van der Waals surface area contributed by atoms with Crippen molar-refractivity contribution in [1.29, 1.82) is 0 Å². The molecule has 0 saturated heterocycles. The van der Waals surface area contributed by atoms with Crippen LogP contribution in [0.1, 0.15) is 78.6 Å². The van der Waals surface area contributed by atoms with Crippen LogP contribution in [0, 0.1) is 12.8 Å². The topological polar surface area (TPSA) is 148 Å². The van der Waals surface area contributed by atoms with Crippen molar-refractivity contribution in [1.82, 2.24) is 0 Å². The van der Waals surface area contributed by atoms with Gasteiger partial charge in [-0.05, 0) is 122 Å². The zero-order valence-corrected chi connectivity index (χ0v) is 33.2. The van der Waals surface area contributed by atoms with E-state index in [0.717, 1.165) is 53.7 Å². The summed E-state index contributed by atoms with van der Waals surface area (Å²) in [5, 5.41) is 26.0. The van der Waals surface area contributed by atoms with Crippen LogP contribution >= 0.6 is 0 Å². The summed E-state index contributed by atoms with van der Waals surface area (Å²) in [5.41, 5.74) is 8.03. The van der Waals surface area contributed by atoms with Gasteiger partial charge in [0, 0.05) is 36.1 Å². The molecule has 0 aliphatic heterocycles. The van der Waals surface area contributed by atoms with E-state index in [1.807, 2.05) is 6.07 Å². The molecule has 0 bridgehead atoms. The van der Waals surface area contributed by atoms with Gasteiger partial charge >= 0.3 is 17.9 Å². The number of unbranched alkanes of at least 4 members (excludes halogenated alkanes) is 1. The van der Waals surface area contributed by atoms with Gasteiger partial charge in [0.2, 0.25) is 0 Å². The van der Waals surface area contributed by atoms with Crippen molar-refractivity contribution in [3.8, 4) is 5.75 Å². The Labute approximate surface area is 335 Å². The Morgan fingerprint density at radius 2 is 1.46 bits per heavy atom. The van der Waals surface area contributed by atoms with E-state index in [4.69, 9.17) is 14.2 Å². The van der Waals surface area contributed by atoms with Crippen LogP contribution in [0.2, 0.25) is 0 Å². The number of anilines is 2. The summed E-state index contributed by atoms with van der Waals surface area (Å²) in [6.45, 7) is 14.9. The van der Waals surface area contributed by atoms with Crippen molar-refractivity contribution < 1.29 is 33.7 Å². The molecule has 0 heterocycles. The summed E-state index contributed by atoms with van der Waals surface area (Å²) >= 11 is 0. The second kappa shape index (κ2) is 23.0. The van der Waals surface area contributed by atoms with Crippen LogP contribution in [0.3, 0.4) is 0 Å². The lowest BCUT2D eigenvalue weighted by Gasteiger charge is -2.16. The minimum atomic E-state index is -0.461. The maximum absolute atomic E-state index is 12.4. The Morgan fingerprint density at radius 1 is 0.789 bits per heavy atom. The largest absolute Gasteiger partial charge is 0.506 e. The number of esters is 3. The number of azo groups is 1. The molecule has 0 aliphatic carbocycles. The summed E-state index contributed by atoms with van der Waals surface area (Å²) in [4.78, 5) is 35.1. The smallest absolute Gasteiger partial charge is 0.338 e. The van der Waals surface area contributed by atoms with Crippen LogP contribution in [0.5, 0.6) is 5.75 Å². The molecule has 3 N–H and O–H groups in total. The number of nitrogens with zero attached hydrogens (tertiary/aromatic N) is 2. The molecular weight excluding hydrogens is 721 g/mol. The number of hydrogen-bond donors (Lipinski definition) is 3. The molecule has 0 radical (unpaired) electrons. The highest BCUT2D eigenvalue weighted by molar-refractivity contribution is 5.89. The molecule has 1 unspecified atom stereocenters. The molecule has 0 spiro atoms. The summed E-state index contributed by atoms with van der Waals surface area (Å²) in [6.07, 6.45) is 6.29. The van der Waals surface area contributed by atoms with Crippen LogP contribution in [0.4, 0.5) is 22.7 Å². The molecule has 11 nitrogen and oxygen atoms in total. The average Bonchev–Trinajstić information content (AvgIpc) is 3.21. The number of phenolic OH excluding ortho intramolecular Hbond substituents is 1. The van der Waals surface area contributed by atoms with Crippen LogP contribution in [-0.4, -0.2) is 42.8 Å². The number of ether oxygens (including phenoxy) is 3. The van der Waals surface area contributed by atoms with Gasteiger partial charge in [0.15, 0.2) is 0 Å². The van der Waals surface area contributed by atoms with Crippen LogP contribution < -0.4 is 10.6 Å². The number of rotatable bonds is 23. The first-order valence-corrected chi connectivity index (χ1v) is 19.3. The molecular formula is C46H54N4O7. The van der Waals surface area contributed by atoms with Gasteiger partial charge in [0.25, 0.3) is 0 Å². The van der Waals surface area contributed by atoms with Crippen LogP contribution in [0.15, 0.2) is 120 Å². The number of phenols is 1. The van der Waals surface area contributed by atoms with Crippen molar-refractivity contribution in [3.05, 3.63) is 138 Å². The third-order valence-electron chi connectivity index (χ3n) is 9.15. The van der Waals surface area contributed by atoms with E-state index >= 15 is 0 Å². The molecule has 57 heavy (non-hydrogen) atoms. The number of hydrogen-bond acceptors (Lipinski definition) is 11. The fourth-order valence-corrected chi connectivity index (χ4v) is 5.95. The SMILES string of the molecule is C=CC(=O)OCCC(CCC)Cc1ccc(NCc2ccc(NCc3ccc(/N=N/c4ccc(C(=O)OCCCCOC(=O)C(=C)C)cc4)c(O)c3)c(C)c2)cc1. The molecule has 0 aliphatic rings. The molecule has 0 fully saturated rings. The Kier molecular flexibility index (Phi) is 17.5. The van der Waals surface area contributed by atoms with Crippen molar-refractivity contribution in [2.75, 3.05) is 30.5 Å². The number of nitrogens with one attached hydrogen (secondary N) is 2. The van der Waals surface area contributed by atoms with Gasteiger partial charge in [-0.1, -0.05) is 63.3 Å². The van der Waals surface area contributed by atoms with Crippen molar-refractivity contribution in [2.24, 2.45) is 16.1 Å². The van der Waals surface area contributed by atoms with Gasteiger partial charge in [-0.2, -0.15) is 5.11 Å². The quantitative estimate of drug-likeness (QED) is 0.0220. The normalized spacial score (nSPS) is 11.4. The Hall–Kier alpha value is -6.23. The van der Waals surface area contributed by atoms with E-state index in [-0.39, 0.29) is 24.9 Å². The minimum Gasteiger partial charge on any atom is -0.506 e. The first-order valence-electron chi connectivity index (χ1n) is 19.3. The summed E-state index contributed by atoms with van der Waals surface area (Å²) in [6, 6.07) is 26.6. The minimum absolute atomic E-state index is 0.00568. The van der Waals surface area contributed by atoms with Gasteiger partial charge in [-0.3, -0.25) is 0 Å². The molecule has 300 valence electrons. The zero-order chi connectivity index (χ0) is 41.0. The number of aromatic hydroxyl groups is 1. The standard InChI is InChI=1S/C46H54N4O7/c1-6-10-34(23-26-55-44(52)7-2)28-35-11-17-39(18-12-35)47-30-36-13-21-41(33(5)27-36)48-31-37-14-22-42(43(51)29-37)50-49-40-19-15-38(16-20-40)46(54)57-25-9-8-24-56-45(53)32(3)4/h7,11-22,27,29,34,47-48,51H,2-3,6,8-10,23-26,28,30-31H2,1,4-5H3/b50-49+. The van der Waals surface area contributed by atoms with Crippen molar-refractivity contribution >= 4 is 40.7 Å². The Bertz CT molecular complexity index is 1990. The molecule has 11 heteroatoms. The lowest BCUT2D eigenvalue weighted by atomic mass is 9.92. The van der Waals surface area contributed by atoms with E-state index in [1.54, 1.807) is 43.3 Å². The third-order valence-corrected chi connectivity index (χ3v) is 9.15. The number of benzene rings is 4. The zero-order valence-electron chi connectivity index (χ0n) is 33.2. The Balaban J connectivity index is 1.19. The molecule has 1 atom stereocenters. The summed E-state index contributed by atoms with van der Waals surface area (Å²) in [7, 11) is 0. The van der Waals surface area contributed by atoms with E-state index in [9.17, 15) is 19.5 Å². The molecule has 4 aromatic carbocycles. The van der Waals surface area contributed by atoms with Crippen molar-refractivity contribution in [3.63, 3.8) is 0 Å². The van der Waals surface area contributed by atoms with E-state index < -0.39 is 11.9 Å². The average molecular weight is 775 g/mol. The molecule has 0 amide bonds. The third kappa shape index (κ3) is 15.1. The highest BCUT2D eigenvalue weighted by Gasteiger charge is 2.12. The summed E-state index contributed by atoms with van der Waals surface area (Å²) in [5.74, 6) is -0.801. The van der Waals surface area contributed by atoms with E-state index in [0.29, 0.717) is 61.0 Å². The summed E-state index contributed by atoms with van der Waals surface area (Å²) < 4.78 is 15.5. The van der Waals surface area contributed by atoms with Gasteiger partial charge in [0.1, 0.15) is 11.4 Å². The maximum atomic E-state index is 12.4. The number of aryl methyl sites for hydroxylation is 1. The highest BCUT2D eigenvalue weighted by Crippen LogP contribution is 2.30. The first kappa shape index (κ1) is 43.5. The van der Waals surface area contributed by atoms with Gasteiger partial charge in [-0.15, -0.1) is 5.11 Å². The van der Waals surface area contributed by atoms with Crippen LogP contribution in [0.25, 0.3) is 0 Å².